The quantitative estimate of drug-likeness (QED) is 0.479. The van der Waals surface area contributed by atoms with Crippen LogP contribution in [-0.4, -0.2) is 16.5 Å². The van der Waals surface area contributed by atoms with Gasteiger partial charge in [0.1, 0.15) is 0 Å². The summed E-state index contributed by atoms with van der Waals surface area (Å²) in [4.78, 5) is 10.8. The van der Waals surface area contributed by atoms with Crippen molar-refractivity contribution in [3.8, 4) is 0 Å². The molecule has 0 aromatic rings. The zero-order valence-corrected chi connectivity index (χ0v) is 7.52. The number of carbonyl (C=O) groups excluding carboxylic acids is 1. The van der Waals surface area contributed by atoms with Crippen LogP contribution >= 0.6 is 0 Å². The van der Waals surface area contributed by atoms with E-state index in [2.05, 4.69) is 4.43 Å². The number of allylic oxidation sites excluding steroid dienone is 1. The van der Waals surface area contributed by atoms with Gasteiger partial charge in [-0.3, -0.25) is 0 Å². The third-order valence-electron chi connectivity index (χ3n) is 1.49. The molecule has 0 aromatic heterocycles. The fourth-order valence-electron chi connectivity index (χ4n) is 0.987. The molecule has 0 bridgehead atoms. The van der Waals surface area contributed by atoms with E-state index in [-0.39, 0.29) is 5.97 Å². The smallest absolute Gasteiger partial charge is 0.319 e. The van der Waals surface area contributed by atoms with Gasteiger partial charge in [-0.1, -0.05) is 6.08 Å². The Labute approximate surface area is 57.4 Å². The van der Waals surface area contributed by atoms with E-state index in [1.807, 2.05) is 6.08 Å². The van der Waals surface area contributed by atoms with Gasteiger partial charge in [-0.25, -0.2) is 4.79 Å². The van der Waals surface area contributed by atoms with Gasteiger partial charge in [-0.05, 0) is 19.3 Å². The van der Waals surface area contributed by atoms with E-state index in [1.165, 1.54) is 0 Å². The van der Waals surface area contributed by atoms with Gasteiger partial charge < -0.3 is 4.43 Å². The molecule has 0 atom stereocenters. The average Bonchev–Trinajstić information content (AvgIpc) is 2.37. The maximum Gasteiger partial charge on any atom is 0.319 e. The van der Waals surface area contributed by atoms with Crippen LogP contribution < -0.4 is 0 Å². The molecule has 1 aliphatic rings. The van der Waals surface area contributed by atoms with Crippen LogP contribution in [0.25, 0.3) is 0 Å². The normalized spacial score (nSPS) is 17.6. The van der Waals surface area contributed by atoms with E-state index in [0.29, 0.717) is 10.5 Å². The third-order valence-corrected chi connectivity index (χ3v) is 1.86. The molecule has 0 spiro atoms. The van der Waals surface area contributed by atoms with Crippen molar-refractivity contribution in [1.29, 1.82) is 0 Å². The van der Waals surface area contributed by atoms with Crippen LogP contribution in [0.2, 0.25) is 0 Å². The highest BCUT2D eigenvalue weighted by atomic mass is 28.2. The fourth-order valence-corrected chi connectivity index (χ4v) is 1.25. The number of hydrogen-bond acceptors (Lipinski definition) is 2. The van der Waals surface area contributed by atoms with Gasteiger partial charge >= 0.3 is 5.97 Å². The van der Waals surface area contributed by atoms with Crippen molar-refractivity contribution in [2.45, 2.75) is 19.3 Å². The van der Waals surface area contributed by atoms with Gasteiger partial charge in [-0.2, -0.15) is 0 Å². The van der Waals surface area contributed by atoms with Gasteiger partial charge in [-0.15, -0.1) is 0 Å². The Balaban J connectivity index is 2.51. The minimum absolute atomic E-state index is 0.0980. The minimum atomic E-state index is -0.0980. The van der Waals surface area contributed by atoms with Gasteiger partial charge in [0.2, 0.25) is 10.5 Å². The Kier molecular flexibility index (Phi) is 2.05. The van der Waals surface area contributed by atoms with Gasteiger partial charge in [0.15, 0.2) is 0 Å². The van der Waals surface area contributed by atoms with E-state index in [1.54, 1.807) is 0 Å². The predicted octanol–water partition coefficient (Wildman–Crippen LogP) is -0.0797. The lowest BCUT2D eigenvalue weighted by atomic mass is 10.2. The Morgan fingerprint density at radius 3 is 3.00 bits per heavy atom. The van der Waals surface area contributed by atoms with Gasteiger partial charge in [0.25, 0.3) is 0 Å². The van der Waals surface area contributed by atoms with Crippen LogP contribution in [0, 0.1) is 0 Å². The molecule has 1 aliphatic carbocycles. The van der Waals surface area contributed by atoms with E-state index in [9.17, 15) is 4.79 Å². The number of rotatable bonds is 1. The first-order chi connectivity index (χ1) is 4.34. The van der Waals surface area contributed by atoms with Crippen LogP contribution in [0.1, 0.15) is 19.3 Å². The van der Waals surface area contributed by atoms with Crippen molar-refractivity contribution in [2.75, 3.05) is 0 Å². The van der Waals surface area contributed by atoms with Crippen LogP contribution in [0.4, 0.5) is 0 Å². The molecule has 0 amide bonds. The molecular formula is C6H10O2Si. The molecule has 0 unspecified atom stereocenters. The highest BCUT2D eigenvalue weighted by Crippen LogP contribution is 2.17. The van der Waals surface area contributed by atoms with Crippen molar-refractivity contribution in [2.24, 2.45) is 0 Å². The Morgan fingerprint density at radius 1 is 1.78 bits per heavy atom. The fraction of sp³-hybridized carbons (Fsp3) is 0.500. The first kappa shape index (κ1) is 6.55. The number of carbonyl (C=O) groups is 1. The topological polar surface area (TPSA) is 26.3 Å². The van der Waals surface area contributed by atoms with Gasteiger partial charge in [0.05, 0.1) is 0 Å². The van der Waals surface area contributed by atoms with Crippen LogP contribution in [0.3, 0.4) is 0 Å². The molecule has 3 heteroatoms. The van der Waals surface area contributed by atoms with Crippen LogP contribution in [0.5, 0.6) is 0 Å². The van der Waals surface area contributed by atoms with Crippen molar-refractivity contribution in [1.82, 2.24) is 0 Å². The maximum atomic E-state index is 10.8. The van der Waals surface area contributed by atoms with Gasteiger partial charge in [0, 0.05) is 5.57 Å². The highest BCUT2D eigenvalue weighted by Gasteiger charge is 2.11. The highest BCUT2D eigenvalue weighted by molar-refractivity contribution is 6.09. The zero-order chi connectivity index (χ0) is 6.69. The molecule has 0 saturated carbocycles. The molecule has 0 radical (unpaired) electrons. The maximum absolute atomic E-state index is 10.8. The minimum Gasteiger partial charge on any atom is -0.526 e. The zero-order valence-electron chi connectivity index (χ0n) is 5.52. The molecular weight excluding hydrogens is 132 g/mol. The summed E-state index contributed by atoms with van der Waals surface area (Å²) in [6.07, 6.45) is 5.05. The second-order valence-corrected chi connectivity index (χ2v) is 2.52. The lowest BCUT2D eigenvalue weighted by Gasteiger charge is -1.96. The molecule has 0 fully saturated rings. The second kappa shape index (κ2) is 2.82. The summed E-state index contributed by atoms with van der Waals surface area (Å²) in [5, 5.41) is 0. The lowest BCUT2D eigenvalue weighted by molar-refractivity contribution is -0.129. The molecule has 9 heavy (non-hydrogen) atoms. The monoisotopic (exact) mass is 142 g/mol. The largest absolute Gasteiger partial charge is 0.526 e. The Bertz CT molecular complexity index is 151. The lowest BCUT2D eigenvalue weighted by Crippen LogP contribution is -2.02. The summed E-state index contributed by atoms with van der Waals surface area (Å²) in [6.45, 7) is 0. The Morgan fingerprint density at radius 2 is 2.56 bits per heavy atom. The third kappa shape index (κ3) is 1.42. The van der Waals surface area contributed by atoms with E-state index in [0.717, 1.165) is 24.8 Å². The molecule has 0 aromatic carbocycles. The summed E-state index contributed by atoms with van der Waals surface area (Å²) < 4.78 is 4.67. The molecule has 0 N–H and O–H groups in total. The molecule has 1 rings (SSSR count). The SMILES string of the molecule is O=C(O[SiH3])C1=CCCC1. The Hall–Kier alpha value is -0.573. The standard InChI is InChI=1S/C6H10O2Si/c7-6(8-9)5-3-1-2-4-5/h3H,1-2,4H2,9H3. The predicted molar refractivity (Wildman–Crippen MR) is 38.0 cm³/mol. The molecule has 0 saturated heterocycles. The molecule has 0 aliphatic heterocycles. The van der Waals surface area contributed by atoms with Crippen molar-refractivity contribution >= 4 is 16.5 Å². The van der Waals surface area contributed by atoms with E-state index in [4.69, 9.17) is 0 Å². The van der Waals surface area contributed by atoms with Crippen molar-refractivity contribution < 1.29 is 9.22 Å². The summed E-state index contributed by atoms with van der Waals surface area (Å²) in [5.41, 5.74) is 0.880. The first-order valence-corrected chi connectivity index (χ1v) is 3.93. The summed E-state index contributed by atoms with van der Waals surface area (Å²) >= 11 is 0. The summed E-state index contributed by atoms with van der Waals surface area (Å²) in [6, 6.07) is 0. The molecule has 0 heterocycles. The van der Waals surface area contributed by atoms with E-state index < -0.39 is 0 Å². The molecule has 2 nitrogen and oxygen atoms in total. The second-order valence-electron chi connectivity index (χ2n) is 2.11. The summed E-state index contributed by atoms with van der Waals surface area (Å²) in [7, 11) is 0.517. The van der Waals surface area contributed by atoms with Crippen molar-refractivity contribution in [3.63, 3.8) is 0 Å². The van der Waals surface area contributed by atoms with Crippen LogP contribution in [0.15, 0.2) is 11.6 Å². The number of hydrogen-bond donors (Lipinski definition) is 0. The molecule has 50 valence electrons. The summed E-state index contributed by atoms with van der Waals surface area (Å²) in [5.74, 6) is -0.0980. The van der Waals surface area contributed by atoms with E-state index >= 15 is 0 Å². The average molecular weight is 142 g/mol. The first-order valence-electron chi connectivity index (χ1n) is 3.12. The van der Waals surface area contributed by atoms with Crippen molar-refractivity contribution in [3.05, 3.63) is 11.6 Å². The van der Waals surface area contributed by atoms with Crippen LogP contribution in [-0.2, 0) is 9.22 Å².